The molecule has 1 aliphatic rings. The van der Waals surface area contributed by atoms with E-state index >= 15 is 4.39 Å². The molecule has 0 fully saturated rings. The summed E-state index contributed by atoms with van der Waals surface area (Å²) in [7, 11) is 1.06. The quantitative estimate of drug-likeness (QED) is 0.199. The Morgan fingerprint density at radius 3 is 2.40 bits per heavy atom. The first kappa shape index (κ1) is 28.1. The maximum Gasteiger partial charge on any atom is 0.338 e. The van der Waals surface area contributed by atoms with Crippen LogP contribution in [0.1, 0.15) is 17.0 Å². The number of methoxy groups -OCH3 is 1. The first-order chi connectivity index (χ1) is 20.1. The van der Waals surface area contributed by atoms with Crippen molar-refractivity contribution >= 4 is 52.1 Å². The number of hydrogen-bond donors (Lipinski definition) is 2. The third-order valence-electron chi connectivity index (χ3n) is 6.52. The number of benzene rings is 3. The summed E-state index contributed by atoms with van der Waals surface area (Å²) in [4.78, 5) is 51.3. The van der Waals surface area contributed by atoms with Gasteiger partial charge in [-0.25, -0.2) is 13.6 Å². The first-order valence-electron chi connectivity index (χ1n) is 12.2. The fourth-order valence-corrected chi connectivity index (χ4v) is 5.79. The van der Waals surface area contributed by atoms with Crippen LogP contribution in [0, 0.1) is 21.7 Å². The highest BCUT2D eigenvalue weighted by atomic mass is 32.1. The SMILES string of the molecule is COC(=O)C1=C(N)n2c(s/c(=C/c3ccccc3F)c2=O)=C(C(=O)Nc2cccc([N+](=O)[O-])c2)C1c1ccccc1F. The lowest BCUT2D eigenvalue weighted by molar-refractivity contribution is -0.384. The lowest BCUT2D eigenvalue weighted by Crippen LogP contribution is -2.42. The molecule has 0 bridgehead atoms. The Morgan fingerprint density at radius 2 is 1.74 bits per heavy atom. The number of amides is 1. The summed E-state index contributed by atoms with van der Waals surface area (Å²) in [6.07, 6.45) is 1.27. The molecule has 3 N–H and O–H groups in total. The summed E-state index contributed by atoms with van der Waals surface area (Å²) in [6.45, 7) is 0. The average molecular weight is 591 g/mol. The van der Waals surface area contributed by atoms with E-state index in [2.05, 4.69) is 5.32 Å². The van der Waals surface area contributed by atoms with Crippen molar-refractivity contribution in [3.8, 4) is 0 Å². The minimum absolute atomic E-state index is 0.0275. The number of ether oxygens (including phenoxy) is 1. The molecular weight excluding hydrogens is 570 g/mol. The van der Waals surface area contributed by atoms with E-state index in [9.17, 15) is 28.9 Å². The molecule has 0 spiro atoms. The Hall–Kier alpha value is -5.43. The Morgan fingerprint density at radius 1 is 1.05 bits per heavy atom. The Bertz CT molecular complexity index is 2000. The molecule has 1 unspecified atom stereocenters. The maximum atomic E-state index is 15.3. The van der Waals surface area contributed by atoms with Crippen LogP contribution in [0.4, 0.5) is 20.2 Å². The van der Waals surface area contributed by atoms with Crippen LogP contribution in [0.25, 0.3) is 17.5 Å². The molecule has 2 heterocycles. The molecule has 0 aliphatic carbocycles. The van der Waals surface area contributed by atoms with Gasteiger partial charge in [0.05, 0.1) is 33.6 Å². The number of carbonyl (C=O) groups is 2. The molecule has 1 aromatic heterocycles. The predicted molar refractivity (Wildman–Crippen MR) is 151 cm³/mol. The van der Waals surface area contributed by atoms with Crippen LogP contribution in [0.15, 0.2) is 83.2 Å². The summed E-state index contributed by atoms with van der Waals surface area (Å²) in [5.74, 6) is -5.15. The van der Waals surface area contributed by atoms with Crippen LogP contribution >= 0.6 is 11.3 Å². The fourth-order valence-electron chi connectivity index (χ4n) is 4.63. The van der Waals surface area contributed by atoms with Crippen LogP contribution < -0.4 is 25.8 Å². The van der Waals surface area contributed by atoms with Crippen molar-refractivity contribution in [2.75, 3.05) is 12.4 Å². The summed E-state index contributed by atoms with van der Waals surface area (Å²) < 4.78 is 35.5. The topological polar surface area (TPSA) is 147 Å². The number of esters is 1. The summed E-state index contributed by atoms with van der Waals surface area (Å²) in [6, 6.07) is 16.2. The molecule has 1 amide bonds. The van der Waals surface area contributed by atoms with Gasteiger partial charge in [0.1, 0.15) is 22.1 Å². The number of nitro groups is 1. The van der Waals surface area contributed by atoms with E-state index in [0.29, 0.717) is 0 Å². The summed E-state index contributed by atoms with van der Waals surface area (Å²) >= 11 is 0.783. The van der Waals surface area contributed by atoms with Gasteiger partial charge in [-0.15, -0.1) is 11.3 Å². The monoisotopic (exact) mass is 590 g/mol. The molecule has 0 saturated carbocycles. The van der Waals surface area contributed by atoms with Crippen LogP contribution in [-0.2, 0) is 14.3 Å². The van der Waals surface area contributed by atoms with Crippen molar-refractivity contribution < 1.29 is 28.0 Å². The minimum Gasteiger partial charge on any atom is -0.466 e. The molecule has 0 saturated heterocycles. The standard InChI is InChI=1S/C29H20F2N4O6S/c1-41-29(38)23-22(18-10-3-5-12-20(18)31)24(26(36)33-16-8-6-9-17(14-16)35(39)40)28-34(25(23)32)27(37)21(42-28)13-15-7-2-4-11-19(15)30/h2-14,22H,32H2,1H3,(H,33,36)/b21-13+. The molecule has 13 heteroatoms. The Kier molecular flexibility index (Phi) is 7.51. The lowest BCUT2D eigenvalue weighted by atomic mass is 9.82. The molecule has 0 radical (unpaired) electrons. The van der Waals surface area contributed by atoms with Gasteiger partial charge in [0.25, 0.3) is 17.2 Å². The van der Waals surface area contributed by atoms with Crippen molar-refractivity contribution in [3.05, 3.63) is 131 Å². The van der Waals surface area contributed by atoms with Crippen LogP contribution in [0.2, 0.25) is 0 Å². The minimum atomic E-state index is -1.45. The number of aromatic nitrogens is 1. The highest BCUT2D eigenvalue weighted by Crippen LogP contribution is 2.38. The number of nitrogens with one attached hydrogen (secondary N) is 1. The second kappa shape index (κ2) is 11.2. The number of carbonyl (C=O) groups excluding carboxylic acids is 2. The van der Waals surface area contributed by atoms with Gasteiger partial charge in [-0.2, -0.15) is 0 Å². The van der Waals surface area contributed by atoms with E-state index in [1.165, 1.54) is 60.7 Å². The zero-order valence-corrected chi connectivity index (χ0v) is 22.5. The van der Waals surface area contributed by atoms with Crippen molar-refractivity contribution in [1.82, 2.24) is 4.57 Å². The van der Waals surface area contributed by atoms with Crippen LogP contribution in [-0.4, -0.2) is 28.5 Å². The Labute approximate surface area is 239 Å². The van der Waals surface area contributed by atoms with Gasteiger partial charge in [0.15, 0.2) is 0 Å². The molecule has 212 valence electrons. The van der Waals surface area contributed by atoms with Gasteiger partial charge >= 0.3 is 5.97 Å². The van der Waals surface area contributed by atoms with E-state index in [-0.39, 0.29) is 42.8 Å². The second-order valence-electron chi connectivity index (χ2n) is 9.00. The number of hydrogen-bond acceptors (Lipinski definition) is 8. The molecule has 3 aromatic carbocycles. The number of nitrogens with two attached hydrogens (primary N) is 1. The van der Waals surface area contributed by atoms with Gasteiger partial charge in [0, 0.05) is 28.9 Å². The van der Waals surface area contributed by atoms with E-state index in [4.69, 9.17) is 10.5 Å². The average Bonchev–Trinajstić information content (AvgIpc) is 3.29. The van der Waals surface area contributed by atoms with Crippen LogP contribution in [0.3, 0.4) is 0 Å². The molecule has 1 atom stereocenters. The molecule has 10 nitrogen and oxygen atoms in total. The number of nitrogens with zero attached hydrogens (tertiary/aromatic N) is 2. The zero-order valence-electron chi connectivity index (χ0n) is 21.7. The smallest absolute Gasteiger partial charge is 0.338 e. The van der Waals surface area contributed by atoms with Gasteiger partial charge in [0.2, 0.25) is 0 Å². The third-order valence-corrected chi connectivity index (χ3v) is 7.63. The largest absolute Gasteiger partial charge is 0.466 e. The predicted octanol–water partition coefficient (Wildman–Crippen LogP) is 2.81. The van der Waals surface area contributed by atoms with Gasteiger partial charge in [-0.1, -0.05) is 42.5 Å². The molecule has 42 heavy (non-hydrogen) atoms. The number of non-ortho nitro benzene ring substituents is 1. The summed E-state index contributed by atoms with van der Waals surface area (Å²) in [5.41, 5.74) is 4.67. The zero-order chi connectivity index (χ0) is 30.1. The summed E-state index contributed by atoms with van der Waals surface area (Å²) in [5, 5.41) is 13.8. The number of nitro benzene ring substituents is 1. The molecule has 5 rings (SSSR count). The highest BCUT2D eigenvalue weighted by molar-refractivity contribution is 7.07. The van der Waals surface area contributed by atoms with Crippen molar-refractivity contribution in [1.29, 1.82) is 0 Å². The number of thiazole rings is 1. The number of halogens is 2. The van der Waals surface area contributed by atoms with Crippen molar-refractivity contribution in [2.45, 2.75) is 5.92 Å². The van der Waals surface area contributed by atoms with Gasteiger partial charge in [-0.05, 0) is 24.3 Å². The fraction of sp³-hybridized carbons (Fsp3) is 0.0690. The van der Waals surface area contributed by atoms with Crippen LogP contribution in [0.5, 0.6) is 0 Å². The molecule has 1 aliphatic heterocycles. The third kappa shape index (κ3) is 4.97. The maximum absolute atomic E-state index is 15.3. The lowest BCUT2D eigenvalue weighted by Gasteiger charge is -2.27. The van der Waals surface area contributed by atoms with Gasteiger partial charge < -0.3 is 15.8 Å². The number of anilines is 1. The van der Waals surface area contributed by atoms with Gasteiger partial charge in [-0.3, -0.25) is 24.3 Å². The normalized spacial score (nSPS) is 14.9. The number of rotatable bonds is 6. The number of fused-ring (bicyclic) bond motifs is 1. The first-order valence-corrected chi connectivity index (χ1v) is 13.0. The van der Waals surface area contributed by atoms with E-state index in [0.717, 1.165) is 35.1 Å². The highest BCUT2D eigenvalue weighted by Gasteiger charge is 2.40. The molecular formula is C29H20F2N4O6S. The molecule has 4 aromatic rings. The van der Waals surface area contributed by atoms with Crippen molar-refractivity contribution in [2.24, 2.45) is 5.73 Å². The van der Waals surface area contributed by atoms with Crippen molar-refractivity contribution in [3.63, 3.8) is 0 Å². The van der Waals surface area contributed by atoms with E-state index < -0.39 is 45.7 Å². The van der Waals surface area contributed by atoms with E-state index in [1.54, 1.807) is 6.07 Å². The Balaban J connectivity index is 1.85. The van der Waals surface area contributed by atoms with E-state index in [1.807, 2.05) is 0 Å². The second-order valence-corrected chi connectivity index (χ2v) is 10.0.